The van der Waals surface area contributed by atoms with Crippen LogP contribution in [0, 0.1) is 0 Å². The monoisotopic (exact) mass is 327 g/mol. The number of carbonyl (C=O) groups is 1. The van der Waals surface area contributed by atoms with Gasteiger partial charge in [-0.15, -0.1) is 0 Å². The van der Waals surface area contributed by atoms with Crippen molar-refractivity contribution in [1.82, 2.24) is 0 Å². The Kier molecular flexibility index (Phi) is 6.52. The van der Waals surface area contributed by atoms with E-state index in [0.717, 1.165) is 28.7 Å². The highest BCUT2D eigenvalue weighted by molar-refractivity contribution is 9.10. The van der Waals surface area contributed by atoms with E-state index in [9.17, 15) is 4.79 Å². The number of ether oxygens (including phenoxy) is 1. The first-order valence-corrected chi connectivity index (χ1v) is 7.36. The molecule has 0 bridgehead atoms. The predicted octanol–water partition coefficient (Wildman–Crippen LogP) is 3.90. The highest BCUT2D eigenvalue weighted by Gasteiger charge is 2.16. The van der Waals surface area contributed by atoms with Crippen molar-refractivity contribution in [2.75, 3.05) is 25.2 Å². The minimum Gasteiger partial charge on any atom is -0.383 e. The molecule has 0 spiro atoms. The smallest absolute Gasteiger partial charge is 0.159 e. The molecule has 0 saturated carbocycles. The summed E-state index contributed by atoms with van der Waals surface area (Å²) >= 11 is 3.57. The fourth-order valence-electron chi connectivity index (χ4n) is 1.95. The molecule has 0 aliphatic rings. The first kappa shape index (κ1) is 16.2. The van der Waals surface area contributed by atoms with Crippen LogP contribution in [0.3, 0.4) is 0 Å². The molecule has 0 aromatic heterocycles. The summed E-state index contributed by atoms with van der Waals surface area (Å²) < 4.78 is 6.13. The predicted molar refractivity (Wildman–Crippen MR) is 83.1 cm³/mol. The van der Waals surface area contributed by atoms with Crippen LogP contribution in [0.4, 0.5) is 5.69 Å². The molecule has 0 N–H and O–H groups in total. The number of benzene rings is 1. The average molecular weight is 328 g/mol. The van der Waals surface area contributed by atoms with E-state index in [1.807, 2.05) is 18.2 Å². The molecular weight excluding hydrogens is 306 g/mol. The zero-order valence-electron chi connectivity index (χ0n) is 12.1. The van der Waals surface area contributed by atoms with Crippen LogP contribution < -0.4 is 4.90 Å². The van der Waals surface area contributed by atoms with E-state index in [1.165, 1.54) is 0 Å². The number of carbonyl (C=O) groups excluding carboxylic acids is 1. The van der Waals surface area contributed by atoms with Gasteiger partial charge in [0.15, 0.2) is 5.78 Å². The number of ketones is 1. The lowest BCUT2D eigenvalue weighted by molar-refractivity contribution is 0.101. The summed E-state index contributed by atoms with van der Waals surface area (Å²) in [5.41, 5.74) is 1.84. The number of hydrogen-bond acceptors (Lipinski definition) is 3. The van der Waals surface area contributed by atoms with Crippen molar-refractivity contribution < 1.29 is 9.53 Å². The zero-order chi connectivity index (χ0) is 14.4. The van der Waals surface area contributed by atoms with Crippen LogP contribution in [0.15, 0.2) is 22.7 Å². The van der Waals surface area contributed by atoms with Crippen molar-refractivity contribution in [2.24, 2.45) is 0 Å². The average Bonchev–Trinajstić information content (AvgIpc) is 2.39. The third kappa shape index (κ3) is 4.32. The fourth-order valence-corrected chi connectivity index (χ4v) is 2.55. The molecule has 0 amide bonds. The van der Waals surface area contributed by atoms with E-state index in [4.69, 9.17) is 4.74 Å². The number of methoxy groups -OCH3 is 1. The summed E-state index contributed by atoms with van der Waals surface area (Å²) in [5.74, 6) is 0.0826. The third-order valence-electron chi connectivity index (χ3n) is 3.32. The Bertz CT molecular complexity index is 434. The van der Waals surface area contributed by atoms with Crippen LogP contribution in [0.25, 0.3) is 0 Å². The van der Waals surface area contributed by atoms with Gasteiger partial charge in [-0.05, 0) is 54.4 Å². The normalized spacial score (nSPS) is 12.3. The zero-order valence-corrected chi connectivity index (χ0v) is 13.7. The molecular formula is C15H22BrNO2. The Labute approximate surface area is 124 Å². The van der Waals surface area contributed by atoms with Gasteiger partial charge in [-0.25, -0.2) is 0 Å². The van der Waals surface area contributed by atoms with E-state index in [2.05, 4.69) is 34.7 Å². The van der Waals surface area contributed by atoms with Crippen molar-refractivity contribution in [1.29, 1.82) is 0 Å². The van der Waals surface area contributed by atoms with Crippen molar-refractivity contribution in [3.05, 3.63) is 28.2 Å². The van der Waals surface area contributed by atoms with Crippen LogP contribution in [-0.4, -0.2) is 32.1 Å². The van der Waals surface area contributed by atoms with Gasteiger partial charge in [0.1, 0.15) is 0 Å². The van der Waals surface area contributed by atoms with Crippen molar-refractivity contribution in [2.45, 2.75) is 33.2 Å². The number of anilines is 1. The van der Waals surface area contributed by atoms with Crippen LogP contribution in [0.2, 0.25) is 0 Å². The van der Waals surface area contributed by atoms with Crippen LogP contribution >= 0.6 is 15.9 Å². The molecule has 1 rings (SSSR count). The van der Waals surface area contributed by atoms with Gasteiger partial charge in [0, 0.05) is 29.7 Å². The van der Waals surface area contributed by atoms with Crippen LogP contribution in [0.5, 0.6) is 0 Å². The molecule has 1 atom stereocenters. The first-order valence-electron chi connectivity index (χ1n) is 6.57. The minimum absolute atomic E-state index is 0.0826. The van der Waals surface area contributed by atoms with Crippen LogP contribution in [-0.2, 0) is 4.74 Å². The molecule has 3 nitrogen and oxygen atoms in total. The molecule has 0 saturated heterocycles. The van der Waals surface area contributed by atoms with Gasteiger partial charge in [-0.1, -0.05) is 6.92 Å². The van der Waals surface area contributed by atoms with Gasteiger partial charge in [-0.3, -0.25) is 4.79 Å². The number of hydrogen-bond donors (Lipinski definition) is 0. The Morgan fingerprint density at radius 3 is 2.63 bits per heavy atom. The Hall–Kier alpha value is -0.870. The Morgan fingerprint density at radius 1 is 1.47 bits per heavy atom. The SMILES string of the molecule is CCC(C)N(CCOC)c1ccc(C(C)=O)cc1Br. The standard InChI is InChI=1S/C15H22BrNO2/c1-5-11(2)17(8-9-19-4)15-7-6-13(12(3)18)10-14(15)16/h6-7,10-11H,5,8-9H2,1-4H3. The molecule has 4 heteroatoms. The number of nitrogens with zero attached hydrogens (tertiary/aromatic N) is 1. The van der Waals surface area contributed by atoms with Gasteiger partial charge in [0.2, 0.25) is 0 Å². The second-order valence-electron chi connectivity index (χ2n) is 4.67. The molecule has 1 unspecified atom stereocenters. The quantitative estimate of drug-likeness (QED) is 0.711. The number of rotatable bonds is 7. The third-order valence-corrected chi connectivity index (χ3v) is 3.96. The molecule has 1 aromatic carbocycles. The second-order valence-corrected chi connectivity index (χ2v) is 5.52. The van der Waals surface area contributed by atoms with E-state index in [-0.39, 0.29) is 5.78 Å². The maximum atomic E-state index is 11.4. The Balaban J connectivity index is 3.04. The summed E-state index contributed by atoms with van der Waals surface area (Å²) in [6.07, 6.45) is 1.06. The van der Waals surface area contributed by atoms with E-state index in [1.54, 1.807) is 14.0 Å². The number of Topliss-reactive ketones (excluding diaryl/α,β-unsaturated/α-hetero) is 1. The van der Waals surface area contributed by atoms with E-state index >= 15 is 0 Å². The van der Waals surface area contributed by atoms with Crippen molar-refractivity contribution in [3.63, 3.8) is 0 Å². The van der Waals surface area contributed by atoms with Crippen molar-refractivity contribution >= 4 is 27.4 Å². The minimum atomic E-state index is 0.0826. The molecule has 0 radical (unpaired) electrons. The van der Waals surface area contributed by atoms with E-state index < -0.39 is 0 Å². The topological polar surface area (TPSA) is 29.5 Å². The maximum Gasteiger partial charge on any atom is 0.159 e. The van der Waals surface area contributed by atoms with Gasteiger partial charge in [0.25, 0.3) is 0 Å². The van der Waals surface area contributed by atoms with E-state index in [0.29, 0.717) is 12.6 Å². The summed E-state index contributed by atoms with van der Waals surface area (Å²) in [6.45, 7) is 7.47. The maximum absolute atomic E-state index is 11.4. The first-order chi connectivity index (χ1) is 9.01. The highest BCUT2D eigenvalue weighted by atomic mass is 79.9. The number of halogens is 1. The summed E-state index contributed by atoms with van der Waals surface area (Å²) in [4.78, 5) is 13.7. The molecule has 19 heavy (non-hydrogen) atoms. The molecule has 0 aliphatic heterocycles. The largest absolute Gasteiger partial charge is 0.383 e. The molecule has 1 aromatic rings. The lowest BCUT2D eigenvalue weighted by Gasteiger charge is -2.31. The van der Waals surface area contributed by atoms with Crippen molar-refractivity contribution in [3.8, 4) is 0 Å². The van der Waals surface area contributed by atoms with Gasteiger partial charge < -0.3 is 9.64 Å². The summed E-state index contributed by atoms with van der Waals surface area (Å²) in [7, 11) is 1.71. The summed E-state index contributed by atoms with van der Waals surface area (Å²) in [6, 6.07) is 6.20. The fraction of sp³-hybridized carbons (Fsp3) is 0.533. The van der Waals surface area contributed by atoms with Gasteiger partial charge >= 0.3 is 0 Å². The lowest BCUT2D eigenvalue weighted by Crippen LogP contribution is -2.35. The molecule has 0 heterocycles. The highest BCUT2D eigenvalue weighted by Crippen LogP contribution is 2.29. The van der Waals surface area contributed by atoms with Gasteiger partial charge in [-0.2, -0.15) is 0 Å². The second kappa shape index (κ2) is 7.65. The molecule has 0 aliphatic carbocycles. The summed E-state index contributed by atoms with van der Waals surface area (Å²) in [5, 5.41) is 0. The molecule has 0 fully saturated rings. The van der Waals surface area contributed by atoms with Crippen LogP contribution in [0.1, 0.15) is 37.6 Å². The Morgan fingerprint density at radius 2 is 2.16 bits per heavy atom. The van der Waals surface area contributed by atoms with Gasteiger partial charge in [0.05, 0.1) is 12.3 Å². The lowest BCUT2D eigenvalue weighted by atomic mass is 10.1. The molecule has 106 valence electrons.